The smallest absolute Gasteiger partial charge is 0.186 e. The lowest BCUT2D eigenvalue weighted by Gasteiger charge is -2.05. The van der Waals surface area contributed by atoms with Crippen molar-refractivity contribution >= 4 is 16.7 Å². The number of aryl methyl sites for hydroxylation is 1. The second-order valence-corrected chi connectivity index (χ2v) is 4.24. The zero-order valence-corrected chi connectivity index (χ0v) is 10.3. The number of pyridine rings is 1. The normalized spacial score (nSPS) is 10.8. The molecule has 2 N–H and O–H groups in total. The Morgan fingerprint density at radius 1 is 1.16 bits per heavy atom. The van der Waals surface area contributed by atoms with Gasteiger partial charge in [0.25, 0.3) is 0 Å². The lowest BCUT2D eigenvalue weighted by molar-refractivity contribution is 0.608. The van der Waals surface area contributed by atoms with Crippen LogP contribution in [0, 0.1) is 12.7 Å². The van der Waals surface area contributed by atoms with Crippen LogP contribution in [0.5, 0.6) is 0 Å². The van der Waals surface area contributed by atoms with Crippen LogP contribution in [-0.2, 0) is 0 Å². The van der Waals surface area contributed by atoms with Crippen LogP contribution in [0.4, 0.5) is 10.2 Å². The number of rotatable bonds is 1. The highest BCUT2D eigenvalue weighted by molar-refractivity contribution is 5.83. The molecule has 0 atom stereocenters. The van der Waals surface area contributed by atoms with Crippen molar-refractivity contribution in [3.8, 4) is 11.4 Å². The van der Waals surface area contributed by atoms with Gasteiger partial charge < -0.3 is 5.73 Å². The van der Waals surface area contributed by atoms with Gasteiger partial charge >= 0.3 is 0 Å². The number of fused-ring (bicyclic) bond motifs is 1. The van der Waals surface area contributed by atoms with Crippen LogP contribution in [0.2, 0.25) is 0 Å². The summed E-state index contributed by atoms with van der Waals surface area (Å²) in [5.41, 5.74) is 7.45. The standard InChI is InChI=1S/C14H11FN4/c1-8-12(15)13(16)19-14(18-8)10-4-5-11-9(7-10)3-2-6-17-11/h2-7H,1H3,(H2,16,18,19). The molecule has 0 unspecified atom stereocenters. The lowest BCUT2D eigenvalue weighted by atomic mass is 10.1. The molecule has 0 aliphatic rings. The highest BCUT2D eigenvalue weighted by Gasteiger charge is 2.10. The molecule has 19 heavy (non-hydrogen) atoms. The second kappa shape index (κ2) is 4.28. The predicted molar refractivity (Wildman–Crippen MR) is 71.9 cm³/mol. The highest BCUT2D eigenvalue weighted by atomic mass is 19.1. The highest BCUT2D eigenvalue weighted by Crippen LogP contribution is 2.22. The molecule has 0 saturated heterocycles. The number of hydrogen-bond acceptors (Lipinski definition) is 4. The lowest BCUT2D eigenvalue weighted by Crippen LogP contribution is -2.02. The fourth-order valence-corrected chi connectivity index (χ4v) is 1.93. The minimum Gasteiger partial charge on any atom is -0.381 e. The molecule has 0 fully saturated rings. The molecule has 3 rings (SSSR count). The van der Waals surface area contributed by atoms with Gasteiger partial charge in [0.15, 0.2) is 17.5 Å². The topological polar surface area (TPSA) is 64.7 Å². The van der Waals surface area contributed by atoms with E-state index in [4.69, 9.17) is 5.73 Å². The first-order chi connectivity index (χ1) is 9.15. The van der Waals surface area contributed by atoms with Gasteiger partial charge in [-0.3, -0.25) is 4.98 Å². The maximum Gasteiger partial charge on any atom is 0.186 e. The van der Waals surface area contributed by atoms with Crippen molar-refractivity contribution in [2.24, 2.45) is 0 Å². The molecule has 0 aliphatic carbocycles. The van der Waals surface area contributed by atoms with E-state index in [0.29, 0.717) is 5.82 Å². The van der Waals surface area contributed by atoms with E-state index in [-0.39, 0.29) is 11.5 Å². The van der Waals surface area contributed by atoms with Crippen LogP contribution in [0.25, 0.3) is 22.3 Å². The van der Waals surface area contributed by atoms with Gasteiger partial charge in [0, 0.05) is 17.1 Å². The summed E-state index contributed by atoms with van der Waals surface area (Å²) >= 11 is 0. The molecule has 0 saturated carbocycles. The molecule has 2 aromatic heterocycles. The Labute approximate surface area is 109 Å². The Morgan fingerprint density at radius 2 is 2.00 bits per heavy atom. The zero-order chi connectivity index (χ0) is 13.4. The monoisotopic (exact) mass is 254 g/mol. The van der Waals surface area contributed by atoms with E-state index in [9.17, 15) is 4.39 Å². The summed E-state index contributed by atoms with van der Waals surface area (Å²) < 4.78 is 13.4. The summed E-state index contributed by atoms with van der Waals surface area (Å²) in [5.74, 6) is -0.276. The van der Waals surface area contributed by atoms with E-state index in [2.05, 4.69) is 15.0 Å². The van der Waals surface area contributed by atoms with Crippen LogP contribution in [-0.4, -0.2) is 15.0 Å². The molecule has 3 aromatic rings. The largest absolute Gasteiger partial charge is 0.381 e. The van der Waals surface area contributed by atoms with Crippen LogP contribution in [0.1, 0.15) is 5.69 Å². The van der Waals surface area contributed by atoms with Gasteiger partial charge in [-0.2, -0.15) is 0 Å². The molecule has 0 bridgehead atoms. The summed E-state index contributed by atoms with van der Waals surface area (Å²) in [4.78, 5) is 12.3. The summed E-state index contributed by atoms with van der Waals surface area (Å²) in [6, 6.07) is 9.45. The van der Waals surface area contributed by atoms with Crippen LogP contribution >= 0.6 is 0 Å². The number of hydrogen-bond donors (Lipinski definition) is 1. The Morgan fingerprint density at radius 3 is 2.79 bits per heavy atom. The Bertz CT molecular complexity index is 747. The molecule has 2 heterocycles. The Hall–Kier alpha value is -2.56. The third-order valence-corrected chi connectivity index (χ3v) is 2.90. The quantitative estimate of drug-likeness (QED) is 0.725. The zero-order valence-electron chi connectivity index (χ0n) is 10.3. The number of anilines is 1. The van der Waals surface area contributed by atoms with Crippen LogP contribution < -0.4 is 5.73 Å². The van der Waals surface area contributed by atoms with Crippen molar-refractivity contribution in [2.45, 2.75) is 6.92 Å². The molecule has 0 spiro atoms. The number of nitrogen functional groups attached to an aromatic ring is 1. The number of aromatic nitrogens is 3. The maximum atomic E-state index is 13.4. The van der Waals surface area contributed by atoms with Crippen molar-refractivity contribution in [3.05, 3.63) is 48.0 Å². The molecular weight excluding hydrogens is 243 g/mol. The summed E-state index contributed by atoms with van der Waals surface area (Å²) in [5, 5.41) is 0.976. The van der Waals surface area contributed by atoms with E-state index in [1.165, 1.54) is 0 Å². The van der Waals surface area contributed by atoms with Gasteiger partial charge in [-0.15, -0.1) is 0 Å². The summed E-state index contributed by atoms with van der Waals surface area (Å²) in [6.45, 7) is 1.57. The van der Waals surface area contributed by atoms with E-state index in [1.807, 2.05) is 30.3 Å². The Kier molecular flexibility index (Phi) is 2.59. The number of nitrogens with zero attached hydrogens (tertiary/aromatic N) is 3. The average Bonchev–Trinajstić information content (AvgIpc) is 2.43. The molecule has 5 heteroatoms. The van der Waals surface area contributed by atoms with Crippen molar-refractivity contribution < 1.29 is 4.39 Å². The van der Waals surface area contributed by atoms with E-state index in [0.717, 1.165) is 16.5 Å². The predicted octanol–water partition coefficient (Wildman–Crippen LogP) is 2.72. The van der Waals surface area contributed by atoms with Gasteiger partial charge in [-0.25, -0.2) is 14.4 Å². The van der Waals surface area contributed by atoms with Crippen LogP contribution in [0.15, 0.2) is 36.5 Å². The van der Waals surface area contributed by atoms with E-state index >= 15 is 0 Å². The fraction of sp³-hybridized carbons (Fsp3) is 0.0714. The minimum atomic E-state index is -0.564. The van der Waals surface area contributed by atoms with Crippen molar-refractivity contribution in [1.82, 2.24) is 15.0 Å². The third kappa shape index (κ3) is 1.99. The van der Waals surface area contributed by atoms with E-state index in [1.54, 1.807) is 13.1 Å². The molecule has 4 nitrogen and oxygen atoms in total. The van der Waals surface area contributed by atoms with Crippen molar-refractivity contribution in [2.75, 3.05) is 5.73 Å². The number of nitrogens with two attached hydrogens (primary N) is 1. The first kappa shape index (κ1) is 11.5. The van der Waals surface area contributed by atoms with Crippen LogP contribution in [0.3, 0.4) is 0 Å². The summed E-state index contributed by atoms with van der Waals surface area (Å²) in [6.07, 6.45) is 1.73. The molecule has 94 valence electrons. The van der Waals surface area contributed by atoms with Gasteiger partial charge in [0.05, 0.1) is 11.2 Å². The SMILES string of the molecule is Cc1nc(-c2ccc3ncccc3c2)nc(N)c1F. The second-order valence-electron chi connectivity index (χ2n) is 4.24. The first-order valence-corrected chi connectivity index (χ1v) is 5.80. The van der Waals surface area contributed by atoms with E-state index < -0.39 is 5.82 Å². The molecule has 0 radical (unpaired) electrons. The van der Waals surface area contributed by atoms with Crippen molar-refractivity contribution in [3.63, 3.8) is 0 Å². The first-order valence-electron chi connectivity index (χ1n) is 5.80. The minimum absolute atomic E-state index is 0.131. The van der Waals surface area contributed by atoms with Gasteiger partial charge in [-0.05, 0) is 31.2 Å². The average molecular weight is 254 g/mol. The van der Waals surface area contributed by atoms with Gasteiger partial charge in [0.2, 0.25) is 0 Å². The molecular formula is C14H11FN4. The van der Waals surface area contributed by atoms with Gasteiger partial charge in [0.1, 0.15) is 0 Å². The maximum absolute atomic E-state index is 13.4. The summed E-state index contributed by atoms with van der Waals surface area (Å²) in [7, 11) is 0. The Balaban J connectivity index is 2.19. The molecule has 1 aromatic carbocycles. The van der Waals surface area contributed by atoms with Gasteiger partial charge in [-0.1, -0.05) is 6.07 Å². The number of halogens is 1. The number of benzene rings is 1. The van der Waals surface area contributed by atoms with Crippen molar-refractivity contribution in [1.29, 1.82) is 0 Å². The molecule has 0 aliphatic heterocycles. The third-order valence-electron chi connectivity index (χ3n) is 2.90. The molecule has 0 amide bonds. The fourth-order valence-electron chi connectivity index (χ4n) is 1.93.